The monoisotopic (exact) mass is 194 g/mol. The molecule has 0 aliphatic rings. The van der Waals surface area contributed by atoms with Gasteiger partial charge < -0.3 is 9.52 Å². The summed E-state index contributed by atoms with van der Waals surface area (Å²) < 4.78 is 17.9. The number of fused-ring (bicyclic) bond motifs is 1. The normalized spacial score (nSPS) is 10.7. The van der Waals surface area contributed by atoms with E-state index in [4.69, 9.17) is 9.52 Å². The van der Waals surface area contributed by atoms with Crippen molar-refractivity contribution in [2.24, 2.45) is 0 Å². The summed E-state index contributed by atoms with van der Waals surface area (Å²) in [5, 5.41) is 8.95. The van der Waals surface area contributed by atoms with Gasteiger partial charge in [-0.25, -0.2) is 4.39 Å². The van der Waals surface area contributed by atoms with Crippen molar-refractivity contribution < 1.29 is 13.9 Å². The van der Waals surface area contributed by atoms with Crippen LogP contribution in [0, 0.1) is 5.82 Å². The lowest BCUT2D eigenvalue weighted by molar-refractivity contribution is 0.249. The molecule has 2 aromatic rings. The van der Waals surface area contributed by atoms with E-state index < -0.39 is 5.82 Å². The van der Waals surface area contributed by atoms with E-state index in [1.54, 1.807) is 0 Å². The number of benzene rings is 1. The molecule has 0 fully saturated rings. The summed E-state index contributed by atoms with van der Waals surface area (Å²) in [5.41, 5.74) is -0.0715. The third-order valence-corrected chi connectivity index (χ3v) is 1.90. The molecule has 72 valence electrons. The number of hydrogen-bond donors (Lipinski definition) is 1. The van der Waals surface area contributed by atoms with E-state index in [1.165, 1.54) is 12.1 Å². The topological polar surface area (TPSA) is 50.4 Å². The Morgan fingerprint density at radius 1 is 1.36 bits per heavy atom. The van der Waals surface area contributed by atoms with Gasteiger partial charge in [-0.3, -0.25) is 4.79 Å². The number of aliphatic hydroxyl groups is 1. The number of hydrogen-bond acceptors (Lipinski definition) is 3. The van der Waals surface area contributed by atoms with Gasteiger partial charge in [-0.2, -0.15) is 0 Å². The van der Waals surface area contributed by atoms with Gasteiger partial charge in [-0.15, -0.1) is 0 Å². The van der Waals surface area contributed by atoms with Crippen molar-refractivity contribution in [3.8, 4) is 0 Å². The molecule has 4 heteroatoms. The minimum absolute atomic E-state index is 0.175. The van der Waals surface area contributed by atoms with Gasteiger partial charge in [0.05, 0.1) is 5.39 Å². The highest BCUT2D eigenvalue weighted by atomic mass is 19.1. The van der Waals surface area contributed by atoms with Gasteiger partial charge in [0.25, 0.3) is 0 Å². The molecule has 1 aromatic carbocycles. The molecular formula is C10H7FO3. The highest BCUT2D eigenvalue weighted by Gasteiger charge is 2.04. The van der Waals surface area contributed by atoms with Crippen LogP contribution < -0.4 is 5.43 Å². The number of rotatable bonds is 1. The maximum atomic E-state index is 12.8. The molecule has 1 N–H and O–H groups in total. The average Bonchev–Trinajstić information content (AvgIpc) is 2.19. The largest absolute Gasteiger partial charge is 0.458 e. The first-order valence-corrected chi connectivity index (χ1v) is 4.04. The van der Waals surface area contributed by atoms with Crippen molar-refractivity contribution in [2.45, 2.75) is 6.61 Å². The van der Waals surface area contributed by atoms with Crippen LogP contribution in [0.15, 0.2) is 33.5 Å². The SMILES string of the molecule is O=c1cc(CO)oc2ccc(F)cc12. The van der Waals surface area contributed by atoms with Crippen molar-refractivity contribution in [2.75, 3.05) is 0 Å². The van der Waals surface area contributed by atoms with Gasteiger partial charge in [0.15, 0.2) is 5.43 Å². The first-order valence-electron chi connectivity index (χ1n) is 4.04. The summed E-state index contributed by atoms with van der Waals surface area (Å²) >= 11 is 0. The van der Waals surface area contributed by atoms with Gasteiger partial charge in [0.2, 0.25) is 0 Å². The lowest BCUT2D eigenvalue weighted by Crippen LogP contribution is -2.02. The highest BCUT2D eigenvalue weighted by molar-refractivity contribution is 5.76. The molecule has 0 aliphatic carbocycles. The third-order valence-electron chi connectivity index (χ3n) is 1.90. The predicted octanol–water partition coefficient (Wildman–Crippen LogP) is 1.42. The Bertz CT molecular complexity index is 530. The number of halogens is 1. The smallest absolute Gasteiger partial charge is 0.193 e. The fraction of sp³-hybridized carbons (Fsp3) is 0.100. The van der Waals surface area contributed by atoms with Crippen molar-refractivity contribution >= 4 is 11.0 Å². The van der Waals surface area contributed by atoms with Crippen LogP contribution in [0.4, 0.5) is 4.39 Å². The van der Waals surface area contributed by atoms with Crippen LogP contribution in [0.5, 0.6) is 0 Å². The minimum atomic E-state index is -0.485. The van der Waals surface area contributed by atoms with Crippen LogP contribution in [-0.2, 0) is 6.61 Å². The van der Waals surface area contributed by atoms with Crippen LogP contribution >= 0.6 is 0 Å². The van der Waals surface area contributed by atoms with Gasteiger partial charge in [-0.1, -0.05) is 0 Å². The molecule has 3 nitrogen and oxygen atoms in total. The van der Waals surface area contributed by atoms with E-state index in [9.17, 15) is 9.18 Å². The summed E-state index contributed by atoms with van der Waals surface area (Å²) in [4.78, 5) is 11.4. The zero-order chi connectivity index (χ0) is 10.1. The maximum absolute atomic E-state index is 12.8. The van der Waals surface area contributed by atoms with Crippen LogP contribution in [0.3, 0.4) is 0 Å². The van der Waals surface area contributed by atoms with Crippen molar-refractivity contribution in [3.63, 3.8) is 0 Å². The summed E-state index contributed by atoms with van der Waals surface area (Å²) in [6.45, 7) is -0.345. The zero-order valence-electron chi connectivity index (χ0n) is 7.16. The molecule has 1 heterocycles. The lowest BCUT2D eigenvalue weighted by Gasteiger charge is -1.99. The Morgan fingerprint density at radius 2 is 2.14 bits per heavy atom. The summed E-state index contributed by atoms with van der Waals surface area (Å²) in [7, 11) is 0. The molecule has 0 radical (unpaired) electrons. The zero-order valence-corrected chi connectivity index (χ0v) is 7.16. The molecule has 0 amide bonds. The summed E-state index contributed by atoms with van der Waals surface area (Å²) in [6, 6.07) is 4.84. The molecule has 0 atom stereocenters. The van der Waals surface area contributed by atoms with Gasteiger partial charge in [0.1, 0.15) is 23.8 Å². The molecule has 0 aliphatic heterocycles. The van der Waals surface area contributed by atoms with Crippen molar-refractivity contribution in [1.82, 2.24) is 0 Å². The molecule has 2 rings (SSSR count). The Hall–Kier alpha value is -1.68. The first-order chi connectivity index (χ1) is 6.70. The van der Waals surface area contributed by atoms with Crippen molar-refractivity contribution in [3.05, 3.63) is 46.1 Å². The molecule has 0 unspecified atom stereocenters. The van der Waals surface area contributed by atoms with Crippen LogP contribution in [-0.4, -0.2) is 5.11 Å². The quantitative estimate of drug-likeness (QED) is 0.746. The molecule has 0 spiro atoms. The molecule has 0 saturated carbocycles. The van der Waals surface area contributed by atoms with Crippen LogP contribution in [0.1, 0.15) is 5.76 Å². The van der Waals surface area contributed by atoms with E-state index in [-0.39, 0.29) is 28.8 Å². The first kappa shape index (κ1) is 8.90. The Morgan fingerprint density at radius 3 is 2.86 bits per heavy atom. The number of aliphatic hydroxyl groups excluding tert-OH is 1. The second-order valence-electron chi connectivity index (χ2n) is 2.88. The van der Waals surface area contributed by atoms with E-state index in [0.29, 0.717) is 0 Å². The average molecular weight is 194 g/mol. The Balaban J connectivity index is 2.83. The summed E-state index contributed by atoms with van der Waals surface area (Å²) in [6.07, 6.45) is 0. The van der Waals surface area contributed by atoms with Crippen LogP contribution in [0.25, 0.3) is 11.0 Å². The second-order valence-corrected chi connectivity index (χ2v) is 2.88. The van der Waals surface area contributed by atoms with Gasteiger partial charge in [-0.05, 0) is 18.2 Å². The standard InChI is InChI=1S/C10H7FO3/c11-6-1-2-10-8(3-6)9(13)4-7(5-12)14-10/h1-4,12H,5H2. The molecule has 0 bridgehead atoms. The Kier molecular flexibility index (Phi) is 2.05. The molecule has 1 aromatic heterocycles. The predicted molar refractivity (Wildman–Crippen MR) is 48.4 cm³/mol. The molecular weight excluding hydrogens is 187 g/mol. The van der Waals surface area contributed by atoms with Gasteiger partial charge in [0, 0.05) is 6.07 Å². The fourth-order valence-corrected chi connectivity index (χ4v) is 1.26. The lowest BCUT2D eigenvalue weighted by atomic mass is 10.2. The van der Waals surface area contributed by atoms with E-state index in [2.05, 4.69) is 0 Å². The Labute approximate surface area is 78.4 Å². The molecule has 0 saturated heterocycles. The van der Waals surface area contributed by atoms with E-state index >= 15 is 0 Å². The molecule has 14 heavy (non-hydrogen) atoms. The summed E-state index contributed by atoms with van der Waals surface area (Å²) in [5.74, 6) is -0.310. The fourth-order valence-electron chi connectivity index (χ4n) is 1.26. The maximum Gasteiger partial charge on any atom is 0.193 e. The second kappa shape index (κ2) is 3.23. The van der Waals surface area contributed by atoms with E-state index in [1.807, 2.05) is 0 Å². The minimum Gasteiger partial charge on any atom is -0.458 e. The third kappa shape index (κ3) is 1.40. The van der Waals surface area contributed by atoms with Gasteiger partial charge >= 0.3 is 0 Å². The van der Waals surface area contributed by atoms with E-state index in [0.717, 1.165) is 12.1 Å². The highest BCUT2D eigenvalue weighted by Crippen LogP contribution is 2.13. The van der Waals surface area contributed by atoms with Crippen LogP contribution in [0.2, 0.25) is 0 Å². The van der Waals surface area contributed by atoms with Crippen molar-refractivity contribution in [1.29, 1.82) is 0 Å².